The lowest BCUT2D eigenvalue weighted by Gasteiger charge is -2.39. The lowest BCUT2D eigenvalue weighted by atomic mass is 9.63. The Labute approximate surface area is 236 Å². The summed E-state index contributed by atoms with van der Waals surface area (Å²) < 4.78 is 14.2. The molecule has 2 aliphatic carbocycles. The zero-order valence-corrected chi connectivity index (χ0v) is 23.4. The van der Waals surface area contributed by atoms with Gasteiger partial charge in [0, 0.05) is 22.5 Å². The van der Waals surface area contributed by atoms with Crippen LogP contribution in [0.25, 0.3) is 17.3 Å². The summed E-state index contributed by atoms with van der Waals surface area (Å²) >= 11 is 1.54. The van der Waals surface area contributed by atoms with Crippen LogP contribution < -0.4 is 10.5 Å². The zero-order chi connectivity index (χ0) is 27.4. The normalized spacial score (nSPS) is 23.1. The number of fused-ring (bicyclic) bond motifs is 4. The molecule has 3 aliphatic rings. The Morgan fingerprint density at radius 3 is 2.85 bits per heavy atom. The number of rotatable bonds is 5. The second-order valence-corrected chi connectivity index (χ2v) is 12.3. The minimum Gasteiger partial charge on any atom is -0.473 e. The standard InChI is InChI=1S/C28H31N9O2S/c1-16(19-7-5-12-36(19)2)38-22-14-21(37-13-11-31-35-37)32-27(33-22)24-17-6-3-9-28(25(17)39-34-24)10-4-8-20-23(28)18(15-29)26(30)40-20/h11,13-14,16,19H,3-10,12,30H2,1-2H3/t16-,19-,28-/m0/s1. The Hall–Kier alpha value is -3.82. The van der Waals surface area contributed by atoms with E-state index in [2.05, 4.69) is 40.4 Å². The predicted molar refractivity (Wildman–Crippen MR) is 148 cm³/mol. The number of aryl methyl sites for hydroxylation is 1. The molecule has 206 valence electrons. The number of thiophene rings is 1. The summed E-state index contributed by atoms with van der Waals surface area (Å²) in [5.41, 5.74) is 9.15. The van der Waals surface area contributed by atoms with Crippen molar-refractivity contribution in [3.8, 4) is 29.3 Å². The van der Waals surface area contributed by atoms with Crippen molar-refractivity contribution in [3.63, 3.8) is 0 Å². The van der Waals surface area contributed by atoms with Crippen molar-refractivity contribution in [2.24, 2.45) is 0 Å². The molecular weight excluding hydrogens is 526 g/mol. The minimum absolute atomic E-state index is 0.0533. The summed E-state index contributed by atoms with van der Waals surface area (Å²) in [5.74, 6) is 2.26. The molecule has 4 aromatic heterocycles. The largest absolute Gasteiger partial charge is 0.473 e. The monoisotopic (exact) mass is 557 g/mol. The molecule has 3 atom stereocenters. The van der Waals surface area contributed by atoms with E-state index in [1.807, 2.05) is 0 Å². The Morgan fingerprint density at radius 1 is 1.25 bits per heavy atom. The minimum atomic E-state index is -0.407. The fourth-order valence-electron chi connectivity index (χ4n) is 7.04. The lowest BCUT2D eigenvalue weighted by Crippen LogP contribution is -2.38. The van der Waals surface area contributed by atoms with Crippen LogP contribution in [0.2, 0.25) is 0 Å². The van der Waals surface area contributed by atoms with Gasteiger partial charge < -0.3 is 15.0 Å². The Balaban J connectivity index is 1.33. The third-order valence-corrected chi connectivity index (χ3v) is 9.92. The van der Waals surface area contributed by atoms with Gasteiger partial charge in [-0.15, -0.1) is 16.4 Å². The maximum Gasteiger partial charge on any atom is 0.219 e. The van der Waals surface area contributed by atoms with Crippen molar-refractivity contribution in [3.05, 3.63) is 45.8 Å². The summed E-state index contributed by atoms with van der Waals surface area (Å²) in [7, 11) is 2.14. The molecule has 0 saturated carbocycles. The van der Waals surface area contributed by atoms with Crippen LogP contribution >= 0.6 is 11.3 Å². The van der Waals surface area contributed by atoms with Gasteiger partial charge in [-0.05, 0) is 77.4 Å². The van der Waals surface area contributed by atoms with Crippen LogP contribution in [0, 0.1) is 11.3 Å². The highest BCUT2D eigenvalue weighted by molar-refractivity contribution is 7.16. The first-order valence-electron chi connectivity index (χ1n) is 13.9. The average molecular weight is 558 g/mol. The molecule has 40 heavy (non-hydrogen) atoms. The summed E-state index contributed by atoms with van der Waals surface area (Å²) in [6.07, 6.45) is 11.0. The number of hydrogen-bond donors (Lipinski definition) is 1. The van der Waals surface area contributed by atoms with Crippen molar-refractivity contribution in [1.29, 1.82) is 5.26 Å². The molecule has 7 rings (SSSR count). The highest BCUT2D eigenvalue weighted by Crippen LogP contribution is 2.55. The zero-order valence-electron chi connectivity index (χ0n) is 22.6. The van der Waals surface area contributed by atoms with E-state index in [9.17, 15) is 5.26 Å². The van der Waals surface area contributed by atoms with Gasteiger partial charge in [0.05, 0.1) is 23.4 Å². The molecule has 0 unspecified atom stereocenters. The van der Waals surface area contributed by atoms with Crippen LogP contribution in [0.1, 0.15) is 72.8 Å². The molecule has 1 saturated heterocycles. The first kappa shape index (κ1) is 25.2. The van der Waals surface area contributed by atoms with E-state index in [1.165, 1.54) is 16.2 Å². The van der Waals surface area contributed by atoms with E-state index in [-0.39, 0.29) is 6.10 Å². The van der Waals surface area contributed by atoms with Crippen LogP contribution in [0.15, 0.2) is 23.0 Å². The van der Waals surface area contributed by atoms with Gasteiger partial charge in [0.1, 0.15) is 17.2 Å². The van der Waals surface area contributed by atoms with Gasteiger partial charge in [0.15, 0.2) is 23.1 Å². The van der Waals surface area contributed by atoms with Gasteiger partial charge in [-0.2, -0.15) is 10.2 Å². The number of nitrogens with zero attached hydrogens (tertiary/aromatic N) is 8. The molecule has 1 aliphatic heterocycles. The first-order chi connectivity index (χ1) is 19.5. The Bertz CT molecular complexity index is 1600. The predicted octanol–water partition coefficient (Wildman–Crippen LogP) is 4.05. The van der Waals surface area contributed by atoms with Crippen molar-refractivity contribution in [2.75, 3.05) is 19.3 Å². The smallest absolute Gasteiger partial charge is 0.219 e. The number of nitrogen functional groups attached to an aromatic ring is 1. The fraction of sp³-hybridized carbons (Fsp3) is 0.500. The van der Waals surface area contributed by atoms with Crippen LogP contribution in [-0.4, -0.2) is 60.8 Å². The molecule has 11 nitrogen and oxygen atoms in total. The van der Waals surface area contributed by atoms with Crippen molar-refractivity contribution < 1.29 is 9.26 Å². The number of nitrogens with two attached hydrogens (primary N) is 1. The van der Waals surface area contributed by atoms with Gasteiger partial charge in [0.25, 0.3) is 0 Å². The molecule has 1 spiro atoms. The van der Waals surface area contributed by atoms with Gasteiger partial charge in [-0.1, -0.05) is 10.4 Å². The third kappa shape index (κ3) is 3.90. The molecule has 0 amide bonds. The van der Waals surface area contributed by atoms with E-state index in [4.69, 9.17) is 25.0 Å². The van der Waals surface area contributed by atoms with Crippen molar-refractivity contribution >= 4 is 16.3 Å². The van der Waals surface area contributed by atoms with Gasteiger partial charge in [0.2, 0.25) is 5.88 Å². The summed E-state index contributed by atoms with van der Waals surface area (Å²) in [6, 6.07) is 4.49. The van der Waals surface area contributed by atoms with Gasteiger partial charge in [-0.3, -0.25) is 4.90 Å². The molecular formula is C28H31N9O2S. The van der Waals surface area contributed by atoms with E-state index in [1.54, 1.807) is 23.1 Å². The highest BCUT2D eigenvalue weighted by Gasteiger charge is 2.48. The van der Waals surface area contributed by atoms with E-state index in [0.717, 1.165) is 74.8 Å². The highest BCUT2D eigenvalue weighted by atomic mass is 32.1. The average Bonchev–Trinajstić information content (AvgIpc) is 3.75. The number of aromatic nitrogens is 6. The second kappa shape index (κ2) is 9.67. The number of ether oxygens (including phenoxy) is 1. The SMILES string of the molecule is C[C@H](Oc1cc(-n2ccnn2)nc(-c2noc3c2CCC[C@@]32CCCc3sc(N)c(C#N)c32)n1)[C@@H]1CCCN1C. The van der Waals surface area contributed by atoms with Crippen molar-refractivity contribution in [1.82, 2.24) is 35.0 Å². The molecule has 5 heterocycles. The molecule has 1 fully saturated rings. The van der Waals surface area contributed by atoms with E-state index < -0.39 is 5.41 Å². The van der Waals surface area contributed by atoms with Crippen LogP contribution in [-0.2, 0) is 18.3 Å². The molecule has 0 radical (unpaired) electrons. The van der Waals surface area contributed by atoms with Crippen LogP contribution in [0.3, 0.4) is 0 Å². The van der Waals surface area contributed by atoms with Crippen LogP contribution in [0.5, 0.6) is 5.88 Å². The van der Waals surface area contributed by atoms with Crippen LogP contribution in [0.4, 0.5) is 5.00 Å². The molecule has 0 aromatic carbocycles. The molecule has 12 heteroatoms. The van der Waals surface area contributed by atoms with Crippen molar-refractivity contribution in [2.45, 2.75) is 75.9 Å². The third-order valence-electron chi connectivity index (χ3n) is 8.84. The van der Waals surface area contributed by atoms with Gasteiger partial charge >= 0.3 is 0 Å². The number of anilines is 1. The summed E-state index contributed by atoms with van der Waals surface area (Å²) in [4.78, 5) is 13.2. The second-order valence-electron chi connectivity index (χ2n) is 11.1. The van der Waals surface area contributed by atoms with Gasteiger partial charge in [-0.25, -0.2) is 9.67 Å². The summed E-state index contributed by atoms with van der Waals surface area (Å²) in [6.45, 7) is 3.15. The Morgan fingerprint density at radius 2 is 2.10 bits per heavy atom. The molecule has 4 aromatic rings. The maximum atomic E-state index is 10.0. The summed E-state index contributed by atoms with van der Waals surface area (Å²) in [5, 5.41) is 23.3. The number of hydrogen-bond acceptors (Lipinski definition) is 11. The number of likely N-dealkylation sites (N-methyl/N-ethyl adjacent to an activating group) is 1. The fourth-order valence-corrected chi connectivity index (χ4v) is 8.20. The molecule has 0 bridgehead atoms. The quantitative estimate of drug-likeness (QED) is 0.381. The van der Waals surface area contributed by atoms with E-state index in [0.29, 0.717) is 39.8 Å². The topological polar surface area (TPSA) is 145 Å². The maximum absolute atomic E-state index is 10.0. The first-order valence-corrected chi connectivity index (χ1v) is 14.7. The lowest BCUT2D eigenvalue weighted by molar-refractivity contribution is 0.117. The number of nitriles is 1. The Kier molecular flexibility index (Phi) is 6.09. The molecule has 2 N–H and O–H groups in total. The number of likely N-dealkylation sites (tertiary alicyclic amines) is 1. The van der Waals surface area contributed by atoms with E-state index >= 15 is 0 Å².